The molecule has 0 amide bonds. The summed E-state index contributed by atoms with van der Waals surface area (Å²) in [7, 11) is -3.52. The van der Waals surface area contributed by atoms with Gasteiger partial charge in [-0.15, -0.1) is 0 Å². The Kier molecular flexibility index (Phi) is 6.36. The highest BCUT2D eigenvalue weighted by molar-refractivity contribution is 6.71. The van der Waals surface area contributed by atoms with Crippen LogP contribution in [-0.2, 0) is 13.6 Å². The van der Waals surface area contributed by atoms with Crippen LogP contribution in [0.1, 0.15) is 26.7 Å². The minimum absolute atomic E-state index is 0.188. The minimum Gasteiger partial charge on any atom is -0.547 e. The van der Waals surface area contributed by atoms with Gasteiger partial charge in [0.2, 0.25) is 16.6 Å². The third kappa shape index (κ3) is 7.01. The molecule has 0 aliphatic carbocycles. The Bertz CT molecular complexity index is 322. The zero-order valence-electron chi connectivity index (χ0n) is 13.1. The van der Waals surface area contributed by atoms with Crippen LogP contribution in [0.2, 0.25) is 39.3 Å². The van der Waals surface area contributed by atoms with Crippen LogP contribution in [0.4, 0.5) is 0 Å². The highest BCUT2D eigenvalue weighted by Gasteiger charge is 2.26. The second-order valence-corrected chi connectivity index (χ2v) is 15.2. The smallest absolute Gasteiger partial charge is 0.324 e. The first-order valence-electron chi connectivity index (χ1n) is 6.64. The van der Waals surface area contributed by atoms with Crippen LogP contribution in [0.15, 0.2) is 11.3 Å². The summed E-state index contributed by atoms with van der Waals surface area (Å²) in [5, 5.41) is 0. The number of rotatable bonds is 6. The predicted molar refractivity (Wildman–Crippen MR) is 81.5 cm³/mol. The molecule has 0 N–H and O–H groups in total. The van der Waals surface area contributed by atoms with Crippen molar-refractivity contribution in [2.45, 2.75) is 66.0 Å². The number of hydrogen-bond acceptors (Lipinski definition) is 3. The van der Waals surface area contributed by atoms with E-state index in [9.17, 15) is 4.79 Å². The van der Waals surface area contributed by atoms with Gasteiger partial charge in [0.05, 0.1) is 11.3 Å². The van der Waals surface area contributed by atoms with Crippen LogP contribution < -0.4 is 0 Å². The van der Waals surface area contributed by atoms with E-state index in [4.69, 9.17) is 8.85 Å². The van der Waals surface area contributed by atoms with Crippen LogP contribution in [0.5, 0.6) is 0 Å². The molecule has 0 aromatic rings. The molecule has 0 bridgehead atoms. The lowest BCUT2D eigenvalue weighted by atomic mass is 10.1. The summed E-state index contributed by atoms with van der Waals surface area (Å²) >= 11 is 0. The van der Waals surface area contributed by atoms with Crippen LogP contribution >= 0.6 is 0 Å². The lowest BCUT2D eigenvalue weighted by Gasteiger charge is -2.25. The monoisotopic (exact) mass is 288 g/mol. The lowest BCUT2D eigenvalue weighted by Crippen LogP contribution is -2.31. The molecule has 0 saturated heterocycles. The summed E-state index contributed by atoms with van der Waals surface area (Å²) in [5.74, 6) is 0.631. The fraction of sp³-hybridized carbons (Fsp3) is 0.769. The van der Waals surface area contributed by atoms with Gasteiger partial charge in [-0.1, -0.05) is 13.8 Å². The van der Waals surface area contributed by atoms with Crippen molar-refractivity contribution in [2.24, 2.45) is 0 Å². The third-order valence-electron chi connectivity index (χ3n) is 2.09. The lowest BCUT2D eigenvalue weighted by molar-refractivity contribution is -0.131. The standard InChI is InChI=1S/C13H28O3Si2/c1-9-11(13(14)16-18(6,7)8)12(10-2)15-17(3,4)5/h9-10H2,1-8H3/b12-11-. The first-order chi connectivity index (χ1) is 8.00. The van der Waals surface area contributed by atoms with E-state index in [0.29, 0.717) is 12.0 Å². The van der Waals surface area contributed by atoms with Gasteiger partial charge in [0, 0.05) is 6.42 Å². The molecule has 0 radical (unpaired) electrons. The maximum Gasteiger partial charge on any atom is 0.324 e. The number of hydrogen-bond donors (Lipinski definition) is 0. The van der Waals surface area contributed by atoms with E-state index in [1.165, 1.54) is 0 Å². The highest BCUT2D eigenvalue weighted by Crippen LogP contribution is 2.21. The van der Waals surface area contributed by atoms with Gasteiger partial charge >= 0.3 is 5.97 Å². The fourth-order valence-electron chi connectivity index (χ4n) is 1.51. The van der Waals surface area contributed by atoms with Crippen LogP contribution in [0.25, 0.3) is 0 Å². The van der Waals surface area contributed by atoms with Gasteiger partial charge in [0.15, 0.2) is 0 Å². The average molecular weight is 289 g/mol. The molecule has 3 nitrogen and oxygen atoms in total. The van der Waals surface area contributed by atoms with Crippen LogP contribution in [-0.4, -0.2) is 22.6 Å². The van der Waals surface area contributed by atoms with E-state index >= 15 is 0 Å². The van der Waals surface area contributed by atoms with Gasteiger partial charge in [0.1, 0.15) is 0 Å². The molecule has 0 fully saturated rings. The van der Waals surface area contributed by atoms with Gasteiger partial charge in [-0.3, -0.25) is 0 Å². The molecule has 0 aromatic heterocycles. The molecule has 18 heavy (non-hydrogen) atoms. The SMILES string of the molecule is CC/C(O[Si](C)(C)C)=C(\CC)C(=O)O[Si](C)(C)C. The van der Waals surface area contributed by atoms with Crippen LogP contribution in [0.3, 0.4) is 0 Å². The summed E-state index contributed by atoms with van der Waals surface area (Å²) in [6.45, 7) is 16.4. The fourth-order valence-corrected chi connectivity index (χ4v) is 3.20. The number of carbonyl (C=O) groups is 1. The Balaban J connectivity index is 5.16. The molecule has 5 heteroatoms. The number of carbonyl (C=O) groups excluding carboxylic acids is 1. The summed E-state index contributed by atoms with van der Waals surface area (Å²) < 4.78 is 11.6. The Morgan fingerprint density at radius 2 is 1.28 bits per heavy atom. The summed E-state index contributed by atoms with van der Waals surface area (Å²) in [5.41, 5.74) is 0.711. The van der Waals surface area contributed by atoms with Gasteiger partial charge < -0.3 is 8.85 Å². The molecule has 0 spiro atoms. The molecule has 106 valence electrons. The Morgan fingerprint density at radius 1 is 0.833 bits per heavy atom. The molecule has 0 heterocycles. The highest BCUT2D eigenvalue weighted by atomic mass is 28.4. The first kappa shape index (κ1) is 17.4. The van der Waals surface area contributed by atoms with Crippen molar-refractivity contribution >= 4 is 22.6 Å². The zero-order valence-corrected chi connectivity index (χ0v) is 15.1. The summed E-state index contributed by atoms with van der Waals surface area (Å²) in [6, 6.07) is 0. The van der Waals surface area contributed by atoms with E-state index in [1.54, 1.807) is 0 Å². The van der Waals surface area contributed by atoms with E-state index < -0.39 is 16.6 Å². The molecular weight excluding hydrogens is 260 g/mol. The van der Waals surface area contributed by atoms with Crippen molar-refractivity contribution in [3.8, 4) is 0 Å². The molecule has 0 atom stereocenters. The maximum absolute atomic E-state index is 12.2. The quantitative estimate of drug-likeness (QED) is 0.415. The normalized spacial score (nSPS) is 14.0. The van der Waals surface area contributed by atoms with Crippen molar-refractivity contribution in [3.05, 3.63) is 11.3 Å². The van der Waals surface area contributed by atoms with E-state index in [-0.39, 0.29) is 5.97 Å². The Labute approximate surface area is 114 Å². The van der Waals surface area contributed by atoms with E-state index in [1.807, 2.05) is 33.5 Å². The van der Waals surface area contributed by atoms with E-state index in [0.717, 1.165) is 12.2 Å². The molecule has 0 aromatic carbocycles. The van der Waals surface area contributed by atoms with E-state index in [2.05, 4.69) is 19.6 Å². The largest absolute Gasteiger partial charge is 0.547 e. The average Bonchev–Trinajstić information content (AvgIpc) is 2.12. The molecular formula is C13H28O3Si2. The second-order valence-electron chi connectivity index (χ2n) is 6.33. The predicted octanol–water partition coefficient (Wildman–Crippen LogP) is 4.29. The maximum atomic E-state index is 12.2. The zero-order chi connectivity index (χ0) is 14.6. The van der Waals surface area contributed by atoms with Crippen molar-refractivity contribution in [2.75, 3.05) is 0 Å². The Morgan fingerprint density at radius 3 is 1.56 bits per heavy atom. The summed E-state index contributed by atoms with van der Waals surface area (Å²) in [6.07, 6.45) is 1.41. The van der Waals surface area contributed by atoms with Gasteiger partial charge in [-0.25, -0.2) is 4.79 Å². The molecule has 0 aliphatic heterocycles. The van der Waals surface area contributed by atoms with Crippen LogP contribution in [0, 0.1) is 0 Å². The van der Waals surface area contributed by atoms with Crippen molar-refractivity contribution in [1.29, 1.82) is 0 Å². The minimum atomic E-state index is -1.84. The molecule has 0 aliphatic rings. The van der Waals surface area contributed by atoms with Gasteiger partial charge in [-0.05, 0) is 45.7 Å². The van der Waals surface area contributed by atoms with Gasteiger partial charge in [0.25, 0.3) is 0 Å². The Hall–Kier alpha value is -0.556. The molecule has 0 rings (SSSR count). The van der Waals surface area contributed by atoms with Crippen molar-refractivity contribution < 1.29 is 13.6 Å². The summed E-state index contributed by atoms with van der Waals surface area (Å²) in [4.78, 5) is 12.2. The number of allylic oxidation sites excluding steroid dienone is 1. The van der Waals surface area contributed by atoms with Crippen molar-refractivity contribution in [1.82, 2.24) is 0 Å². The first-order valence-corrected chi connectivity index (χ1v) is 13.5. The van der Waals surface area contributed by atoms with Crippen molar-refractivity contribution in [3.63, 3.8) is 0 Å². The van der Waals surface area contributed by atoms with Gasteiger partial charge in [-0.2, -0.15) is 0 Å². The molecule has 0 unspecified atom stereocenters. The second kappa shape index (κ2) is 6.56. The topological polar surface area (TPSA) is 35.5 Å². The third-order valence-corrected chi connectivity index (χ3v) is 3.74. The molecule has 0 saturated carbocycles.